The van der Waals surface area contributed by atoms with Crippen LogP contribution in [0.25, 0.3) is 106 Å². The molecule has 0 saturated heterocycles. The zero-order valence-corrected chi connectivity index (χ0v) is 32.1. The van der Waals surface area contributed by atoms with E-state index >= 15 is 0 Å². The molecule has 11 rings (SSSR count). The van der Waals surface area contributed by atoms with E-state index in [0.29, 0.717) is 17.5 Å². The van der Waals surface area contributed by atoms with Gasteiger partial charge in [0.1, 0.15) is 0 Å². The highest BCUT2D eigenvalue weighted by atomic mass is 15.0. The first-order valence-electron chi connectivity index (χ1n) is 19.9. The summed E-state index contributed by atoms with van der Waals surface area (Å²) in [6, 6.07) is 76.9. The SMILES string of the molecule is c1ccc(-c2cccc(-c3nc(-c4ccc(-n5c6ccccc6c6ccccc65)cc4)nc(-c4cccc(-c5cccc6cccc(-c7ccccc7)c56)c4)n3)c2)cc1. The number of nitrogens with zero attached hydrogens (tertiary/aromatic N) is 4. The second-order valence-corrected chi connectivity index (χ2v) is 14.8. The fraction of sp³-hybridized carbons (Fsp3) is 0. The molecule has 276 valence electrons. The van der Waals surface area contributed by atoms with Crippen LogP contribution in [0.5, 0.6) is 0 Å². The van der Waals surface area contributed by atoms with Crippen LogP contribution in [0.15, 0.2) is 218 Å². The Morgan fingerprint density at radius 1 is 0.288 bits per heavy atom. The maximum Gasteiger partial charge on any atom is 0.164 e. The molecule has 2 heterocycles. The maximum absolute atomic E-state index is 5.21. The number of rotatable bonds is 7. The van der Waals surface area contributed by atoms with Gasteiger partial charge in [-0.15, -0.1) is 0 Å². The summed E-state index contributed by atoms with van der Waals surface area (Å²) in [6.45, 7) is 0. The van der Waals surface area contributed by atoms with Gasteiger partial charge in [-0.2, -0.15) is 0 Å². The van der Waals surface area contributed by atoms with Crippen LogP contribution in [0.4, 0.5) is 0 Å². The molecule has 0 unspecified atom stereocenters. The minimum atomic E-state index is 0.616. The third kappa shape index (κ3) is 6.24. The zero-order valence-electron chi connectivity index (χ0n) is 32.1. The molecule has 2 aromatic heterocycles. The van der Waals surface area contributed by atoms with Crippen molar-refractivity contribution in [3.8, 4) is 73.2 Å². The van der Waals surface area contributed by atoms with Gasteiger partial charge >= 0.3 is 0 Å². The molecule has 0 saturated carbocycles. The topological polar surface area (TPSA) is 43.6 Å². The smallest absolute Gasteiger partial charge is 0.164 e. The number of hydrogen-bond donors (Lipinski definition) is 0. The van der Waals surface area contributed by atoms with Crippen molar-refractivity contribution in [2.75, 3.05) is 0 Å². The number of hydrogen-bond acceptors (Lipinski definition) is 3. The monoisotopic (exact) mass is 752 g/mol. The molecule has 0 atom stereocenters. The molecule has 0 spiro atoms. The van der Waals surface area contributed by atoms with Crippen LogP contribution >= 0.6 is 0 Å². The van der Waals surface area contributed by atoms with E-state index in [1.54, 1.807) is 0 Å². The summed E-state index contributed by atoms with van der Waals surface area (Å²) in [5.74, 6) is 1.86. The van der Waals surface area contributed by atoms with Crippen molar-refractivity contribution >= 4 is 32.6 Å². The van der Waals surface area contributed by atoms with Gasteiger partial charge in [-0.1, -0.05) is 170 Å². The Balaban J connectivity index is 1.06. The molecule has 11 aromatic rings. The van der Waals surface area contributed by atoms with Crippen LogP contribution in [0, 0.1) is 0 Å². The van der Waals surface area contributed by atoms with Gasteiger partial charge in [-0.05, 0) is 92.7 Å². The van der Waals surface area contributed by atoms with Crippen LogP contribution < -0.4 is 0 Å². The Kier molecular flexibility index (Phi) is 8.45. The van der Waals surface area contributed by atoms with E-state index in [2.05, 4.69) is 217 Å². The third-order valence-corrected chi connectivity index (χ3v) is 11.2. The van der Waals surface area contributed by atoms with Crippen LogP contribution in [0.1, 0.15) is 0 Å². The highest BCUT2D eigenvalue weighted by Gasteiger charge is 2.17. The van der Waals surface area contributed by atoms with E-state index in [9.17, 15) is 0 Å². The molecule has 0 aliphatic heterocycles. The average molecular weight is 753 g/mol. The summed E-state index contributed by atoms with van der Waals surface area (Å²) < 4.78 is 2.33. The van der Waals surface area contributed by atoms with Crippen LogP contribution in [-0.2, 0) is 0 Å². The van der Waals surface area contributed by atoms with Crippen LogP contribution in [0.2, 0.25) is 0 Å². The summed E-state index contributed by atoms with van der Waals surface area (Å²) in [5.41, 5.74) is 13.1. The van der Waals surface area contributed by atoms with Gasteiger partial charge in [0.2, 0.25) is 0 Å². The predicted octanol–water partition coefficient (Wildman–Crippen LogP) is 14.1. The Labute approximate surface area is 342 Å². The molecule has 0 bridgehead atoms. The lowest BCUT2D eigenvalue weighted by atomic mass is 9.91. The lowest BCUT2D eigenvalue weighted by Gasteiger charge is -2.14. The molecule has 0 N–H and O–H groups in total. The van der Waals surface area contributed by atoms with Gasteiger partial charge in [0.25, 0.3) is 0 Å². The van der Waals surface area contributed by atoms with Crippen molar-refractivity contribution in [1.82, 2.24) is 19.5 Å². The summed E-state index contributed by atoms with van der Waals surface area (Å²) >= 11 is 0. The van der Waals surface area contributed by atoms with E-state index in [4.69, 9.17) is 15.0 Å². The van der Waals surface area contributed by atoms with Crippen LogP contribution in [-0.4, -0.2) is 19.5 Å². The average Bonchev–Trinajstić information content (AvgIpc) is 3.66. The second-order valence-electron chi connectivity index (χ2n) is 14.8. The highest BCUT2D eigenvalue weighted by Crippen LogP contribution is 2.38. The van der Waals surface area contributed by atoms with E-state index in [-0.39, 0.29) is 0 Å². The van der Waals surface area contributed by atoms with Crippen molar-refractivity contribution in [3.05, 3.63) is 218 Å². The molecule has 0 aliphatic rings. The summed E-state index contributed by atoms with van der Waals surface area (Å²) in [6.07, 6.45) is 0. The first kappa shape index (κ1) is 34.3. The van der Waals surface area contributed by atoms with Crippen molar-refractivity contribution < 1.29 is 0 Å². The summed E-state index contributed by atoms with van der Waals surface area (Å²) in [5, 5.41) is 4.88. The number of para-hydroxylation sites is 2. The van der Waals surface area contributed by atoms with Crippen molar-refractivity contribution in [3.63, 3.8) is 0 Å². The molecule has 4 heteroatoms. The fourth-order valence-corrected chi connectivity index (χ4v) is 8.46. The largest absolute Gasteiger partial charge is 0.309 e. The molecule has 0 aliphatic carbocycles. The third-order valence-electron chi connectivity index (χ3n) is 11.2. The Morgan fingerprint density at radius 3 is 1.34 bits per heavy atom. The van der Waals surface area contributed by atoms with Crippen molar-refractivity contribution in [2.45, 2.75) is 0 Å². The Hall–Kier alpha value is -7.95. The number of fused-ring (bicyclic) bond motifs is 4. The Bertz CT molecular complexity index is 3250. The Morgan fingerprint density at radius 2 is 0.729 bits per heavy atom. The van der Waals surface area contributed by atoms with Gasteiger partial charge in [0.15, 0.2) is 17.5 Å². The quantitative estimate of drug-likeness (QED) is 0.163. The molecule has 0 amide bonds. The normalized spacial score (nSPS) is 11.4. The van der Waals surface area contributed by atoms with E-state index < -0.39 is 0 Å². The summed E-state index contributed by atoms with van der Waals surface area (Å²) in [4.78, 5) is 15.6. The fourth-order valence-electron chi connectivity index (χ4n) is 8.46. The second kappa shape index (κ2) is 14.5. The molecule has 0 radical (unpaired) electrons. The van der Waals surface area contributed by atoms with E-state index in [0.717, 1.165) is 44.6 Å². The molecular formula is C55H36N4. The minimum absolute atomic E-state index is 0.616. The van der Waals surface area contributed by atoms with E-state index in [1.165, 1.54) is 43.7 Å². The minimum Gasteiger partial charge on any atom is -0.309 e. The molecule has 0 fully saturated rings. The van der Waals surface area contributed by atoms with Crippen molar-refractivity contribution in [1.29, 1.82) is 0 Å². The van der Waals surface area contributed by atoms with E-state index in [1.807, 2.05) is 6.07 Å². The van der Waals surface area contributed by atoms with Gasteiger partial charge in [-0.25, -0.2) is 15.0 Å². The predicted molar refractivity (Wildman–Crippen MR) is 244 cm³/mol. The lowest BCUT2D eigenvalue weighted by Crippen LogP contribution is -2.01. The van der Waals surface area contributed by atoms with Gasteiger partial charge in [-0.3, -0.25) is 0 Å². The first-order chi connectivity index (χ1) is 29.2. The van der Waals surface area contributed by atoms with Crippen LogP contribution in [0.3, 0.4) is 0 Å². The van der Waals surface area contributed by atoms with Gasteiger partial charge in [0.05, 0.1) is 11.0 Å². The summed E-state index contributed by atoms with van der Waals surface area (Å²) in [7, 11) is 0. The number of benzene rings is 9. The molecule has 4 nitrogen and oxygen atoms in total. The zero-order chi connectivity index (χ0) is 39.1. The molecular weight excluding hydrogens is 717 g/mol. The molecule has 59 heavy (non-hydrogen) atoms. The highest BCUT2D eigenvalue weighted by molar-refractivity contribution is 6.09. The standard InChI is InChI=1S/C55H36N4/c1-3-15-37(16-4-1)41-21-11-23-43(35-41)54-56-53(40-31-33-45(34-32-40)59-50-29-9-7-25-48(50)49-26-8-10-30-51(49)59)57-55(58-54)44-24-12-22-42(36-44)47-28-14-20-39-19-13-27-46(52(39)47)38-17-5-2-6-18-38/h1-36H. The maximum atomic E-state index is 5.21. The number of aromatic nitrogens is 4. The molecule has 9 aromatic carbocycles. The first-order valence-corrected chi connectivity index (χ1v) is 19.9. The van der Waals surface area contributed by atoms with Crippen molar-refractivity contribution in [2.24, 2.45) is 0 Å². The van der Waals surface area contributed by atoms with Gasteiger partial charge in [0, 0.05) is 33.2 Å². The van der Waals surface area contributed by atoms with Gasteiger partial charge < -0.3 is 4.57 Å². The lowest BCUT2D eigenvalue weighted by molar-refractivity contribution is 1.07.